The maximum Gasteiger partial charge on any atom is 0.0471 e. The molecule has 0 atom stereocenters. The first-order valence-corrected chi connectivity index (χ1v) is 5.55. The van der Waals surface area contributed by atoms with E-state index in [0.29, 0.717) is 10.8 Å². The highest BCUT2D eigenvalue weighted by Crippen LogP contribution is 2.43. The average molecular weight is 184 g/mol. The molecule has 1 nitrogen and oxygen atoms in total. The van der Waals surface area contributed by atoms with Crippen LogP contribution in [0.15, 0.2) is 0 Å². The van der Waals surface area contributed by atoms with Gasteiger partial charge in [-0.3, -0.25) is 0 Å². The molecule has 0 saturated carbocycles. The Labute approximate surface area is 82.9 Å². The maximum atomic E-state index is 5.44. The van der Waals surface area contributed by atoms with Crippen molar-refractivity contribution >= 4 is 0 Å². The smallest absolute Gasteiger partial charge is 0.0471 e. The number of hydrogen-bond acceptors (Lipinski definition) is 1. The van der Waals surface area contributed by atoms with E-state index in [9.17, 15) is 0 Å². The van der Waals surface area contributed by atoms with Crippen LogP contribution < -0.4 is 0 Å². The van der Waals surface area contributed by atoms with E-state index in [1.165, 1.54) is 25.7 Å². The molecule has 0 N–H and O–H groups in total. The highest BCUT2D eigenvalue weighted by atomic mass is 16.5. The van der Waals surface area contributed by atoms with Gasteiger partial charge in [0.25, 0.3) is 0 Å². The molecular formula is C12H24O. The predicted molar refractivity (Wildman–Crippen MR) is 56.8 cm³/mol. The van der Waals surface area contributed by atoms with Gasteiger partial charge in [-0.15, -0.1) is 0 Å². The molecule has 1 rings (SSSR count). The zero-order chi connectivity index (χ0) is 9.95. The van der Waals surface area contributed by atoms with E-state index in [0.717, 1.165) is 13.2 Å². The molecule has 0 aromatic heterocycles. The highest BCUT2D eigenvalue weighted by molar-refractivity contribution is 4.84. The molecule has 1 aliphatic rings. The van der Waals surface area contributed by atoms with E-state index in [-0.39, 0.29) is 0 Å². The quantitative estimate of drug-likeness (QED) is 0.637. The van der Waals surface area contributed by atoms with Crippen LogP contribution >= 0.6 is 0 Å². The summed E-state index contributed by atoms with van der Waals surface area (Å²) in [5.41, 5.74) is 1.05. The van der Waals surface area contributed by atoms with Crippen LogP contribution in [-0.4, -0.2) is 13.2 Å². The standard InChI is InChI=1S/C12H24O/c1-5-12(10-11(2,3)4)6-8-13-9-7-12/h5-10H2,1-4H3. The lowest BCUT2D eigenvalue weighted by atomic mass is 9.68. The molecule has 0 amide bonds. The maximum absolute atomic E-state index is 5.44. The second-order valence-electron chi connectivity index (χ2n) is 5.70. The number of ether oxygens (including phenoxy) is 1. The summed E-state index contributed by atoms with van der Waals surface area (Å²) >= 11 is 0. The van der Waals surface area contributed by atoms with Crippen LogP contribution in [0.5, 0.6) is 0 Å². The molecule has 0 unspecified atom stereocenters. The van der Waals surface area contributed by atoms with E-state index < -0.39 is 0 Å². The van der Waals surface area contributed by atoms with E-state index in [1.54, 1.807) is 0 Å². The van der Waals surface area contributed by atoms with Crippen molar-refractivity contribution in [1.82, 2.24) is 0 Å². The van der Waals surface area contributed by atoms with Gasteiger partial charge in [0, 0.05) is 13.2 Å². The highest BCUT2D eigenvalue weighted by Gasteiger charge is 2.34. The largest absolute Gasteiger partial charge is 0.381 e. The monoisotopic (exact) mass is 184 g/mol. The van der Waals surface area contributed by atoms with Crippen molar-refractivity contribution < 1.29 is 4.74 Å². The third-order valence-electron chi connectivity index (χ3n) is 3.21. The van der Waals surface area contributed by atoms with Gasteiger partial charge < -0.3 is 4.74 Å². The fraction of sp³-hybridized carbons (Fsp3) is 1.00. The summed E-state index contributed by atoms with van der Waals surface area (Å²) in [5.74, 6) is 0. The number of rotatable bonds is 2. The van der Waals surface area contributed by atoms with E-state index in [1.807, 2.05) is 0 Å². The zero-order valence-electron chi connectivity index (χ0n) is 9.65. The molecular weight excluding hydrogens is 160 g/mol. The van der Waals surface area contributed by atoms with Crippen LogP contribution in [0.2, 0.25) is 0 Å². The Balaban J connectivity index is 2.57. The van der Waals surface area contributed by atoms with Gasteiger partial charge in [-0.05, 0) is 30.1 Å². The normalized spacial score (nSPS) is 23.1. The molecule has 0 bridgehead atoms. The molecule has 1 fully saturated rings. The average Bonchev–Trinajstić information content (AvgIpc) is 2.03. The van der Waals surface area contributed by atoms with E-state index >= 15 is 0 Å². The predicted octanol–water partition coefficient (Wildman–Crippen LogP) is 3.63. The summed E-state index contributed by atoms with van der Waals surface area (Å²) in [7, 11) is 0. The van der Waals surface area contributed by atoms with Crippen molar-refractivity contribution in [2.45, 2.75) is 53.4 Å². The molecule has 0 radical (unpaired) electrons. The van der Waals surface area contributed by atoms with Crippen molar-refractivity contribution in [1.29, 1.82) is 0 Å². The molecule has 13 heavy (non-hydrogen) atoms. The second-order valence-corrected chi connectivity index (χ2v) is 5.70. The first-order chi connectivity index (χ1) is 5.97. The molecule has 1 heteroatoms. The summed E-state index contributed by atoms with van der Waals surface area (Å²) in [5, 5.41) is 0. The minimum atomic E-state index is 0.466. The fourth-order valence-corrected chi connectivity index (χ4v) is 2.58. The SMILES string of the molecule is CCC1(CC(C)(C)C)CCOCC1. The van der Waals surface area contributed by atoms with Crippen molar-refractivity contribution in [3.8, 4) is 0 Å². The van der Waals surface area contributed by atoms with Crippen LogP contribution in [0, 0.1) is 10.8 Å². The van der Waals surface area contributed by atoms with Gasteiger partial charge in [0.1, 0.15) is 0 Å². The Hall–Kier alpha value is -0.0400. The third-order valence-corrected chi connectivity index (χ3v) is 3.21. The molecule has 78 valence electrons. The van der Waals surface area contributed by atoms with Crippen LogP contribution in [-0.2, 0) is 4.74 Å². The van der Waals surface area contributed by atoms with E-state index in [4.69, 9.17) is 4.74 Å². The lowest BCUT2D eigenvalue weighted by Crippen LogP contribution is -2.32. The lowest BCUT2D eigenvalue weighted by Gasteiger charge is -2.41. The molecule has 1 saturated heterocycles. The molecule has 1 aliphatic heterocycles. The van der Waals surface area contributed by atoms with Crippen LogP contribution in [0.4, 0.5) is 0 Å². The summed E-state index contributed by atoms with van der Waals surface area (Å²) in [6.45, 7) is 11.3. The van der Waals surface area contributed by atoms with Crippen LogP contribution in [0.1, 0.15) is 53.4 Å². The first-order valence-electron chi connectivity index (χ1n) is 5.55. The summed E-state index contributed by atoms with van der Waals surface area (Å²) in [4.78, 5) is 0. The third kappa shape index (κ3) is 3.30. The zero-order valence-corrected chi connectivity index (χ0v) is 9.65. The Kier molecular flexibility index (Phi) is 3.39. The molecule has 1 heterocycles. The Morgan fingerprint density at radius 1 is 1.15 bits per heavy atom. The Morgan fingerprint density at radius 2 is 1.69 bits per heavy atom. The van der Waals surface area contributed by atoms with Gasteiger partial charge in [0.05, 0.1) is 0 Å². The van der Waals surface area contributed by atoms with Crippen molar-refractivity contribution in [2.75, 3.05) is 13.2 Å². The topological polar surface area (TPSA) is 9.23 Å². The first kappa shape index (κ1) is 11.0. The fourth-order valence-electron chi connectivity index (χ4n) is 2.58. The van der Waals surface area contributed by atoms with Gasteiger partial charge in [-0.25, -0.2) is 0 Å². The molecule has 0 spiro atoms. The van der Waals surface area contributed by atoms with Gasteiger partial charge >= 0.3 is 0 Å². The summed E-state index contributed by atoms with van der Waals surface area (Å²) in [6, 6.07) is 0. The summed E-state index contributed by atoms with van der Waals surface area (Å²) in [6.07, 6.45) is 5.19. The van der Waals surface area contributed by atoms with E-state index in [2.05, 4.69) is 27.7 Å². The van der Waals surface area contributed by atoms with Crippen molar-refractivity contribution in [3.05, 3.63) is 0 Å². The molecule has 0 aromatic carbocycles. The Morgan fingerprint density at radius 3 is 2.08 bits per heavy atom. The molecule has 0 aromatic rings. The van der Waals surface area contributed by atoms with Crippen molar-refractivity contribution in [3.63, 3.8) is 0 Å². The van der Waals surface area contributed by atoms with Crippen LogP contribution in [0.25, 0.3) is 0 Å². The number of hydrogen-bond donors (Lipinski definition) is 0. The lowest BCUT2D eigenvalue weighted by molar-refractivity contribution is -0.00824. The minimum Gasteiger partial charge on any atom is -0.381 e. The minimum absolute atomic E-state index is 0.466. The van der Waals surface area contributed by atoms with Crippen molar-refractivity contribution in [2.24, 2.45) is 10.8 Å². The van der Waals surface area contributed by atoms with Gasteiger partial charge in [-0.1, -0.05) is 34.1 Å². The Bertz CT molecular complexity index is 149. The van der Waals surface area contributed by atoms with Gasteiger partial charge in [-0.2, -0.15) is 0 Å². The van der Waals surface area contributed by atoms with Crippen LogP contribution in [0.3, 0.4) is 0 Å². The second kappa shape index (κ2) is 4.00. The van der Waals surface area contributed by atoms with Gasteiger partial charge in [0.2, 0.25) is 0 Å². The molecule has 0 aliphatic carbocycles. The summed E-state index contributed by atoms with van der Waals surface area (Å²) < 4.78 is 5.44. The van der Waals surface area contributed by atoms with Gasteiger partial charge in [0.15, 0.2) is 0 Å².